The fourth-order valence-electron chi connectivity index (χ4n) is 2.32. The van der Waals surface area contributed by atoms with Gasteiger partial charge in [-0.1, -0.05) is 97.8 Å². The Labute approximate surface area is 104 Å². The smallest absolute Gasteiger partial charge is 0.0443 e. The molecular formula is C16H34. The maximum atomic E-state index is 2.43. The van der Waals surface area contributed by atoms with E-state index in [0.717, 1.165) is 5.92 Å². The van der Waals surface area contributed by atoms with Crippen LogP contribution in [0.1, 0.15) is 97.8 Å². The van der Waals surface area contributed by atoms with Crippen molar-refractivity contribution >= 4 is 0 Å². The first-order valence-electron chi connectivity index (χ1n) is 7.81. The van der Waals surface area contributed by atoms with E-state index in [1.54, 1.807) is 0 Å². The lowest BCUT2D eigenvalue weighted by atomic mass is 9.97. The highest BCUT2D eigenvalue weighted by atomic mass is 14.1. The van der Waals surface area contributed by atoms with Crippen LogP contribution in [-0.4, -0.2) is 0 Å². The second-order valence-corrected chi connectivity index (χ2v) is 5.51. The van der Waals surface area contributed by atoms with Crippen LogP contribution in [0.3, 0.4) is 0 Å². The molecule has 0 heterocycles. The van der Waals surface area contributed by atoms with E-state index in [9.17, 15) is 0 Å². The molecule has 0 saturated carbocycles. The van der Waals surface area contributed by atoms with E-state index in [2.05, 4.69) is 20.8 Å². The van der Waals surface area contributed by atoms with Crippen molar-refractivity contribution in [1.29, 1.82) is 0 Å². The van der Waals surface area contributed by atoms with Gasteiger partial charge in [-0.2, -0.15) is 0 Å². The topological polar surface area (TPSA) is 0 Å². The van der Waals surface area contributed by atoms with Crippen molar-refractivity contribution in [2.75, 3.05) is 0 Å². The molecule has 0 aromatic rings. The Kier molecular flexibility index (Phi) is 13.1. The average Bonchev–Trinajstić information content (AvgIpc) is 2.30. The molecule has 0 spiro atoms. The zero-order valence-electron chi connectivity index (χ0n) is 12.1. The summed E-state index contributed by atoms with van der Waals surface area (Å²) in [4.78, 5) is 0. The first-order valence-corrected chi connectivity index (χ1v) is 7.81. The molecule has 0 aliphatic heterocycles. The van der Waals surface area contributed by atoms with E-state index in [4.69, 9.17) is 0 Å². The third-order valence-corrected chi connectivity index (χ3v) is 3.60. The minimum absolute atomic E-state index is 0.972. The molecule has 0 aliphatic rings. The Bertz CT molecular complexity index is 117. The summed E-state index contributed by atoms with van der Waals surface area (Å²) in [6.07, 6.45) is 17.3. The average molecular weight is 226 g/mol. The van der Waals surface area contributed by atoms with Crippen molar-refractivity contribution in [3.05, 3.63) is 0 Å². The minimum atomic E-state index is 0.972. The zero-order valence-corrected chi connectivity index (χ0v) is 12.1. The lowest BCUT2D eigenvalue weighted by Gasteiger charge is -2.09. The summed E-state index contributed by atoms with van der Waals surface area (Å²) in [5.74, 6) is 0.972. The third kappa shape index (κ3) is 12.1. The maximum absolute atomic E-state index is 2.43. The van der Waals surface area contributed by atoms with E-state index in [0.29, 0.717) is 0 Å². The van der Waals surface area contributed by atoms with Crippen LogP contribution in [-0.2, 0) is 0 Å². The van der Waals surface area contributed by atoms with Crippen LogP contribution in [0.25, 0.3) is 0 Å². The van der Waals surface area contributed by atoms with Crippen LogP contribution in [0.5, 0.6) is 0 Å². The molecule has 1 atom stereocenters. The predicted octanol–water partition coefficient (Wildman–Crippen LogP) is 6.34. The molecule has 0 aromatic carbocycles. The van der Waals surface area contributed by atoms with Gasteiger partial charge in [0.15, 0.2) is 0 Å². The van der Waals surface area contributed by atoms with E-state index in [1.165, 1.54) is 77.0 Å². The van der Waals surface area contributed by atoms with Crippen molar-refractivity contribution in [2.24, 2.45) is 5.92 Å². The van der Waals surface area contributed by atoms with Crippen molar-refractivity contribution < 1.29 is 0 Å². The molecule has 98 valence electrons. The highest BCUT2D eigenvalue weighted by Gasteiger charge is 2.00. The molecular weight excluding hydrogens is 192 g/mol. The van der Waals surface area contributed by atoms with Gasteiger partial charge in [0.1, 0.15) is 0 Å². The molecule has 16 heavy (non-hydrogen) atoms. The second kappa shape index (κ2) is 13.1. The van der Waals surface area contributed by atoms with Crippen molar-refractivity contribution in [3.63, 3.8) is 0 Å². The van der Waals surface area contributed by atoms with Crippen molar-refractivity contribution in [1.82, 2.24) is 0 Å². The molecule has 0 saturated heterocycles. The first-order chi connectivity index (χ1) is 7.81. The summed E-state index contributed by atoms with van der Waals surface area (Å²) in [5.41, 5.74) is 0. The van der Waals surface area contributed by atoms with E-state index in [-0.39, 0.29) is 0 Å². The SMILES string of the molecule is CCCCCCCCCC[C@@H](C)CCCC. The number of hydrogen-bond acceptors (Lipinski definition) is 0. The standard InChI is InChI=1S/C16H34/c1-4-6-8-9-10-11-12-13-15-16(3)14-7-5-2/h16H,4-15H2,1-3H3/t16-/m0/s1. The number of unbranched alkanes of at least 4 members (excludes halogenated alkanes) is 8. The molecule has 0 rings (SSSR count). The monoisotopic (exact) mass is 226 g/mol. The van der Waals surface area contributed by atoms with Crippen LogP contribution >= 0.6 is 0 Å². The second-order valence-electron chi connectivity index (χ2n) is 5.51. The van der Waals surface area contributed by atoms with Gasteiger partial charge >= 0.3 is 0 Å². The highest BCUT2D eigenvalue weighted by molar-refractivity contribution is 4.54. The summed E-state index contributed by atoms with van der Waals surface area (Å²) in [6, 6.07) is 0. The van der Waals surface area contributed by atoms with E-state index < -0.39 is 0 Å². The summed E-state index contributed by atoms with van der Waals surface area (Å²) >= 11 is 0. The van der Waals surface area contributed by atoms with Crippen LogP contribution in [0.4, 0.5) is 0 Å². The van der Waals surface area contributed by atoms with Gasteiger partial charge < -0.3 is 0 Å². The van der Waals surface area contributed by atoms with Gasteiger partial charge in [0.25, 0.3) is 0 Å². The molecule has 0 aromatic heterocycles. The quantitative estimate of drug-likeness (QED) is 0.340. The lowest BCUT2D eigenvalue weighted by molar-refractivity contribution is 0.441. The molecule has 0 heteroatoms. The first kappa shape index (κ1) is 16.0. The Morgan fingerprint density at radius 2 is 1.00 bits per heavy atom. The largest absolute Gasteiger partial charge is 0.0654 e. The van der Waals surface area contributed by atoms with Crippen LogP contribution in [0.15, 0.2) is 0 Å². The van der Waals surface area contributed by atoms with Crippen molar-refractivity contribution in [3.8, 4) is 0 Å². The van der Waals surface area contributed by atoms with E-state index in [1.807, 2.05) is 0 Å². The molecule has 0 fully saturated rings. The zero-order chi connectivity index (χ0) is 12.1. The Balaban J connectivity index is 3.02. The summed E-state index contributed by atoms with van der Waals surface area (Å²) in [5, 5.41) is 0. The molecule has 0 bridgehead atoms. The molecule has 0 radical (unpaired) electrons. The Morgan fingerprint density at radius 1 is 0.562 bits per heavy atom. The minimum Gasteiger partial charge on any atom is -0.0654 e. The maximum Gasteiger partial charge on any atom is -0.0443 e. The third-order valence-electron chi connectivity index (χ3n) is 3.60. The highest BCUT2D eigenvalue weighted by Crippen LogP contribution is 2.17. The summed E-state index contributed by atoms with van der Waals surface area (Å²) < 4.78 is 0. The molecule has 0 aliphatic carbocycles. The summed E-state index contributed by atoms with van der Waals surface area (Å²) in [7, 11) is 0. The predicted molar refractivity (Wildman–Crippen MR) is 75.9 cm³/mol. The van der Waals surface area contributed by atoms with Crippen molar-refractivity contribution in [2.45, 2.75) is 97.8 Å². The summed E-state index contributed by atoms with van der Waals surface area (Å²) in [6.45, 7) is 7.01. The van der Waals surface area contributed by atoms with Gasteiger partial charge in [0.05, 0.1) is 0 Å². The normalized spacial score (nSPS) is 12.9. The molecule has 0 nitrogen and oxygen atoms in total. The number of hydrogen-bond donors (Lipinski definition) is 0. The molecule has 0 N–H and O–H groups in total. The number of rotatable bonds is 12. The van der Waals surface area contributed by atoms with Gasteiger partial charge in [0, 0.05) is 0 Å². The van der Waals surface area contributed by atoms with Gasteiger partial charge in [-0.15, -0.1) is 0 Å². The van der Waals surface area contributed by atoms with Gasteiger partial charge in [-0.05, 0) is 5.92 Å². The van der Waals surface area contributed by atoms with Gasteiger partial charge in [-0.25, -0.2) is 0 Å². The fourth-order valence-corrected chi connectivity index (χ4v) is 2.32. The van der Waals surface area contributed by atoms with Crippen LogP contribution in [0, 0.1) is 5.92 Å². The fraction of sp³-hybridized carbons (Fsp3) is 1.00. The van der Waals surface area contributed by atoms with Crippen LogP contribution < -0.4 is 0 Å². The molecule has 0 amide bonds. The Morgan fingerprint density at radius 3 is 1.56 bits per heavy atom. The van der Waals surface area contributed by atoms with Gasteiger partial charge in [0.2, 0.25) is 0 Å². The van der Waals surface area contributed by atoms with Gasteiger partial charge in [-0.3, -0.25) is 0 Å². The molecule has 0 unspecified atom stereocenters. The Hall–Kier alpha value is 0. The van der Waals surface area contributed by atoms with E-state index >= 15 is 0 Å². The lowest BCUT2D eigenvalue weighted by Crippen LogP contribution is -1.94. The van der Waals surface area contributed by atoms with Crippen LogP contribution in [0.2, 0.25) is 0 Å².